The van der Waals surface area contributed by atoms with Gasteiger partial charge in [0.05, 0.1) is 0 Å². The van der Waals surface area contributed by atoms with Gasteiger partial charge in [-0.1, -0.05) is 0 Å². The number of oxazole rings is 2. The van der Waals surface area contributed by atoms with E-state index in [9.17, 15) is 0 Å². The number of aryl methyl sites for hydroxylation is 1. The summed E-state index contributed by atoms with van der Waals surface area (Å²) < 4.78 is 10.5. The molecule has 0 aliphatic rings. The Labute approximate surface area is 153 Å². The number of hydrogen-bond donors (Lipinski definition) is 2. The SMILES string of the molecule is Cc1cnc(Nc2ccc3ocnc3c2)nc1Nc1ccc2ocnc2c1. The summed E-state index contributed by atoms with van der Waals surface area (Å²) >= 11 is 0. The van der Waals surface area contributed by atoms with Crippen LogP contribution in [0.25, 0.3) is 22.2 Å². The summed E-state index contributed by atoms with van der Waals surface area (Å²) in [5.41, 5.74) is 5.65. The summed E-state index contributed by atoms with van der Waals surface area (Å²) in [6.45, 7) is 1.95. The van der Waals surface area contributed by atoms with Crippen molar-refractivity contribution >= 4 is 45.3 Å². The zero-order chi connectivity index (χ0) is 18.2. The molecule has 0 saturated carbocycles. The van der Waals surface area contributed by atoms with Crippen molar-refractivity contribution in [2.75, 3.05) is 10.6 Å². The number of hydrogen-bond acceptors (Lipinski definition) is 8. The van der Waals surface area contributed by atoms with E-state index in [1.165, 1.54) is 12.8 Å². The Kier molecular flexibility index (Phi) is 3.46. The molecule has 132 valence electrons. The van der Waals surface area contributed by atoms with Gasteiger partial charge in [-0.05, 0) is 43.3 Å². The van der Waals surface area contributed by atoms with Gasteiger partial charge in [0.25, 0.3) is 0 Å². The van der Waals surface area contributed by atoms with E-state index in [2.05, 4.69) is 30.6 Å². The molecule has 0 radical (unpaired) electrons. The fourth-order valence-electron chi connectivity index (χ4n) is 2.77. The molecule has 2 N–H and O–H groups in total. The van der Waals surface area contributed by atoms with Crippen molar-refractivity contribution in [2.24, 2.45) is 0 Å². The van der Waals surface area contributed by atoms with Gasteiger partial charge in [0.1, 0.15) is 16.9 Å². The van der Waals surface area contributed by atoms with E-state index >= 15 is 0 Å². The molecule has 0 saturated heterocycles. The molecule has 8 nitrogen and oxygen atoms in total. The highest BCUT2D eigenvalue weighted by Gasteiger charge is 2.08. The Balaban J connectivity index is 1.42. The highest BCUT2D eigenvalue weighted by molar-refractivity contribution is 5.79. The molecule has 8 heteroatoms. The van der Waals surface area contributed by atoms with Crippen molar-refractivity contribution < 1.29 is 8.83 Å². The zero-order valence-electron chi connectivity index (χ0n) is 14.3. The van der Waals surface area contributed by atoms with Gasteiger partial charge in [-0.2, -0.15) is 4.98 Å². The first kappa shape index (κ1) is 15.3. The molecule has 0 spiro atoms. The molecule has 0 atom stereocenters. The van der Waals surface area contributed by atoms with E-state index in [0.717, 1.165) is 39.1 Å². The normalized spacial score (nSPS) is 11.1. The molecule has 3 aromatic heterocycles. The van der Waals surface area contributed by atoms with Gasteiger partial charge in [-0.15, -0.1) is 0 Å². The van der Waals surface area contributed by atoms with Gasteiger partial charge in [0.2, 0.25) is 5.95 Å². The number of rotatable bonds is 4. The lowest BCUT2D eigenvalue weighted by atomic mass is 10.2. The molecule has 5 aromatic rings. The first-order valence-corrected chi connectivity index (χ1v) is 8.29. The van der Waals surface area contributed by atoms with Gasteiger partial charge >= 0.3 is 0 Å². The molecule has 3 heterocycles. The molecule has 0 aliphatic carbocycles. The minimum atomic E-state index is 0.480. The summed E-state index contributed by atoms with van der Waals surface area (Å²) in [6.07, 6.45) is 4.61. The maximum Gasteiger partial charge on any atom is 0.229 e. The average Bonchev–Trinajstić information content (AvgIpc) is 3.32. The quantitative estimate of drug-likeness (QED) is 0.482. The van der Waals surface area contributed by atoms with Crippen molar-refractivity contribution in [3.05, 3.63) is 60.9 Å². The van der Waals surface area contributed by atoms with Gasteiger partial charge < -0.3 is 19.5 Å². The van der Waals surface area contributed by atoms with Crippen molar-refractivity contribution in [3.8, 4) is 0 Å². The second kappa shape index (κ2) is 6.10. The van der Waals surface area contributed by atoms with Gasteiger partial charge in [0.15, 0.2) is 24.0 Å². The van der Waals surface area contributed by atoms with Crippen molar-refractivity contribution in [1.29, 1.82) is 0 Å². The largest absolute Gasteiger partial charge is 0.443 e. The van der Waals surface area contributed by atoms with Crippen LogP contribution in [0.2, 0.25) is 0 Å². The molecule has 0 unspecified atom stereocenters. The Morgan fingerprint density at radius 2 is 1.41 bits per heavy atom. The lowest BCUT2D eigenvalue weighted by Crippen LogP contribution is -2.02. The highest BCUT2D eigenvalue weighted by atomic mass is 16.3. The van der Waals surface area contributed by atoms with Crippen LogP contribution >= 0.6 is 0 Å². The number of benzene rings is 2. The van der Waals surface area contributed by atoms with Gasteiger partial charge in [-0.3, -0.25) is 0 Å². The van der Waals surface area contributed by atoms with Gasteiger partial charge in [0, 0.05) is 23.1 Å². The topological polar surface area (TPSA) is 102 Å². The zero-order valence-corrected chi connectivity index (χ0v) is 14.3. The minimum Gasteiger partial charge on any atom is -0.443 e. The van der Waals surface area contributed by atoms with Crippen LogP contribution in [0.4, 0.5) is 23.1 Å². The van der Waals surface area contributed by atoms with Gasteiger partial charge in [-0.25, -0.2) is 15.0 Å². The van der Waals surface area contributed by atoms with Crippen molar-refractivity contribution in [2.45, 2.75) is 6.92 Å². The monoisotopic (exact) mass is 358 g/mol. The third-order valence-corrected chi connectivity index (χ3v) is 4.15. The van der Waals surface area contributed by atoms with Crippen molar-refractivity contribution in [1.82, 2.24) is 19.9 Å². The van der Waals surface area contributed by atoms with E-state index in [1.54, 1.807) is 6.20 Å². The molecule has 2 aromatic carbocycles. The van der Waals surface area contributed by atoms with Crippen molar-refractivity contribution in [3.63, 3.8) is 0 Å². The Morgan fingerprint density at radius 3 is 2.07 bits per heavy atom. The summed E-state index contributed by atoms with van der Waals surface area (Å²) in [4.78, 5) is 17.3. The van der Waals surface area contributed by atoms with Crippen LogP contribution in [-0.4, -0.2) is 19.9 Å². The van der Waals surface area contributed by atoms with E-state index in [-0.39, 0.29) is 0 Å². The van der Waals surface area contributed by atoms with Crippen LogP contribution in [0.15, 0.2) is 64.2 Å². The summed E-state index contributed by atoms with van der Waals surface area (Å²) in [5, 5.41) is 6.50. The number of anilines is 4. The first-order valence-electron chi connectivity index (χ1n) is 8.29. The average molecular weight is 358 g/mol. The molecular weight excluding hydrogens is 344 g/mol. The first-order chi connectivity index (χ1) is 13.2. The molecule has 0 amide bonds. The van der Waals surface area contributed by atoms with Crippen LogP contribution in [-0.2, 0) is 0 Å². The van der Waals surface area contributed by atoms with E-state index in [4.69, 9.17) is 8.83 Å². The molecular formula is C19H14N6O2. The lowest BCUT2D eigenvalue weighted by molar-refractivity contribution is 0.602. The number of fused-ring (bicyclic) bond motifs is 2. The highest BCUT2D eigenvalue weighted by Crippen LogP contribution is 2.24. The predicted octanol–water partition coefficient (Wildman–Crippen LogP) is 4.55. The third kappa shape index (κ3) is 2.93. The number of nitrogens with one attached hydrogen (secondary N) is 2. The number of nitrogens with zero attached hydrogens (tertiary/aromatic N) is 4. The van der Waals surface area contributed by atoms with E-state index < -0.39 is 0 Å². The number of aromatic nitrogens is 4. The maximum atomic E-state index is 5.27. The second-order valence-corrected chi connectivity index (χ2v) is 6.04. The summed E-state index contributed by atoms with van der Waals surface area (Å²) in [5.74, 6) is 1.19. The smallest absolute Gasteiger partial charge is 0.229 e. The Hall–Kier alpha value is -3.94. The lowest BCUT2D eigenvalue weighted by Gasteiger charge is -2.11. The third-order valence-electron chi connectivity index (χ3n) is 4.15. The Morgan fingerprint density at radius 1 is 0.778 bits per heavy atom. The van der Waals surface area contributed by atoms with Crippen LogP contribution < -0.4 is 10.6 Å². The summed E-state index contributed by atoms with van der Waals surface area (Å²) in [7, 11) is 0. The molecule has 0 bridgehead atoms. The molecule has 5 rings (SSSR count). The fraction of sp³-hybridized carbons (Fsp3) is 0.0526. The fourth-order valence-corrected chi connectivity index (χ4v) is 2.77. The molecule has 27 heavy (non-hydrogen) atoms. The molecule has 0 fully saturated rings. The van der Waals surface area contributed by atoms with Crippen LogP contribution in [0.3, 0.4) is 0 Å². The molecule has 0 aliphatic heterocycles. The summed E-state index contributed by atoms with van der Waals surface area (Å²) in [6, 6.07) is 11.3. The van der Waals surface area contributed by atoms with E-state index in [1.807, 2.05) is 43.3 Å². The Bertz CT molecular complexity index is 1260. The van der Waals surface area contributed by atoms with Crippen LogP contribution in [0.1, 0.15) is 5.56 Å². The van der Waals surface area contributed by atoms with Crippen LogP contribution in [0.5, 0.6) is 0 Å². The van der Waals surface area contributed by atoms with Crippen LogP contribution in [0, 0.1) is 6.92 Å². The predicted molar refractivity (Wildman–Crippen MR) is 101 cm³/mol. The standard InChI is InChI=1S/C19H14N6O2/c1-11-8-20-19(24-13-3-5-17-15(7-13)22-10-27-17)25-18(11)23-12-2-4-16-14(6-12)21-9-26-16/h2-10H,1H3,(H2,20,23,24,25). The van der Waals surface area contributed by atoms with E-state index in [0.29, 0.717) is 11.8 Å². The minimum absolute atomic E-state index is 0.480. The maximum absolute atomic E-state index is 5.27. The second-order valence-electron chi connectivity index (χ2n) is 6.04.